The number of amides is 1. The van der Waals surface area contributed by atoms with Gasteiger partial charge < -0.3 is 20.1 Å². The number of nitrogens with one attached hydrogen (secondary N) is 2. The lowest BCUT2D eigenvalue weighted by Crippen LogP contribution is -2.52. The number of pyridine rings is 2. The zero-order chi connectivity index (χ0) is 22.8. The molecule has 1 amide bonds. The number of hydrogen-bond donors (Lipinski definition) is 2. The fourth-order valence-electron chi connectivity index (χ4n) is 2.94. The second kappa shape index (κ2) is 8.33. The van der Waals surface area contributed by atoms with E-state index in [1.165, 1.54) is 12.3 Å². The molecule has 0 saturated heterocycles. The minimum Gasteiger partial charge on any atom is -0.421 e. The molecule has 7 nitrogen and oxygen atoms in total. The molecule has 32 heavy (non-hydrogen) atoms. The summed E-state index contributed by atoms with van der Waals surface area (Å²) in [5, 5.41) is 5.70. The van der Waals surface area contributed by atoms with E-state index in [9.17, 15) is 22.4 Å². The van der Waals surface area contributed by atoms with Crippen molar-refractivity contribution in [2.75, 3.05) is 10.6 Å². The second-order valence-electron chi connectivity index (χ2n) is 6.83. The number of halogens is 4. The normalized spacial score (nSPS) is 15.6. The number of anilines is 2. The monoisotopic (exact) mass is 448 g/mol. The van der Waals surface area contributed by atoms with Crippen LogP contribution in [0.25, 0.3) is 0 Å². The summed E-state index contributed by atoms with van der Waals surface area (Å²) in [4.78, 5) is 20.6. The Morgan fingerprint density at radius 2 is 1.66 bits per heavy atom. The van der Waals surface area contributed by atoms with Crippen LogP contribution >= 0.6 is 0 Å². The number of nitrogens with zero attached hydrogens (tertiary/aromatic N) is 2. The number of aromatic nitrogens is 2. The fourth-order valence-corrected chi connectivity index (χ4v) is 2.94. The molecule has 0 spiro atoms. The van der Waals surface area contributed by atoms with E-state index < -0.39 is 29.6 Å². The summed E-state index contributed by atoms with van der Waals surface area (Å²) in [6.07, 6.45) is -4.90. The van der Waals surface area contributed by atoms with Crippen LogP contribution < -0.4 is 20.1 Å². The lowest BCUT2D eigenvalue weighted by molar-refractivity contribution is -0.391. The van der Waals surface area contributed by atoms with Crippen LogP contribution in [0.3, 0.4) is 0 Å². The number of benzene rings is 1. The minimum atomic E-state index is -4.84. The van der Waals surface area contributed by atoms with Gasteiger partial charge in [-0.2, -0.15) is 17.6 Å². The van der Waals surface area contributed by atoms with Crippen LogP contribution in [0.1, 0.15) is 11.3 Å². The van der Waals surface area contributed by atoms with E-state index in [1.807, 2.05) is 12.1 Å². The molecule has 0 atom stereocenters. The standard InChI is InChI=1S/C21H16F4N4O3/c22-20(23)21(24,25)32-18-10-14(3-4-17(18)31-20)29-19(30)11-16-15(2-1-7-27-16)28-12-13-5-8-26-9-6-13/h1-10,28H,11-12H2,(H,29,30). The third kappa shape index (κ3) is 4.56. The van der Waals surface area contributed by atoms with Gasteiger partial charge in [0.05, 0.1) is 17.8 Å². The van der Waals surface area contributed by atoms with E-state index in [-0.39, 0.29) is 12.1 Å². The van der Waals surface area contributed by atoms with Crippen molar-refractivity contribution in [1.29, 1.82) is 0 Å². The van der Waals surface area contributed by atoms with Gasteiger partial charge in [-0.1, -0.05) is 0 Å². The summed E-state index contributed by atoms with van der Waals surface area (Å²) in [6.45, 7) is 0.490. The van der Waals surface area contributed by atoms with Crippen molar-refractivity contribution in [3.05, 3.63) is 72.3 Å². The highest BCUT2D eigenvalue weighted by molar-refractivity contribution is 5.93. The first kappa shape index (κ1) is 21.3. The van der Waals surface area contributed by atoms with Crippen molar-refractivity contribution in [3.63, 3.8) is 0 Å². The molecule has 0 aliphatic carbocycles. The Morgan fingerprint density at radius 3 is 2.41 bits per heavy atom. The summed E-state index contributed by atoms with van der Waals surface area (Å²) in [5.74, 6) is -1.67. The first-order valence-corrected chi connectivity index (χ1v) is 9.38. The number of carbonyl (C=O) groups excluding carboxylic acids is 1. The van der Waals surface area contributed by atoms with Crippen molar-refractivity contribution in [2.45, 2.75) is 25.2 Å². The molecule has 0 fully saturated rings. The molecule has 0 radical (unpaired) electrons. The van der Waals surface area contributed by atoms with Gasteiger partial charge in [-0.15, -0.1) is 0 Å². The highest BCUT2D eigenvalue weighted by Crippen LogP contribution is 2.47. The van der Waals surface area contributed by atoms with Gasteiger partial charge >= 0.3 is 12.2 Å². The summed E-state index contributed by atoms with van der Waals surface area (Å²) in [7, 11) is 0. The van der Waals surface area contributed by atoms with Gasteiger partial charge in [0.2, 0.25) is 5.91 Å². The third-order valence-corrected chi connectivity index (χ3v) is 4.49. The SMILES string of the molecule is O=C(Cc1ncccc1NCc1ccncc1)Nc1ccc2c(c1)OC(F)(F)C(F)(F)O2. The predicted molar refractivity (Wildman–Crippen MR) is 106 cm³/mol. The van der Waals surface area contributed by atoms with Gasteiger partial charge in [-0.3, -0.25) is 14.8 Å². The summed E-state index contributed by atoms with van der Waals surface area (Å²) in [6, 6.07) is 10.4. The number of carbonyl (C=O) groups is 1. The lowest BCUT2D eigenvalue weighted by Gasteiger charge is -2.31. The Kier molecular flexibility index (Phi) is 5.56. The van der Waals surface area contributed by atoms with Crippen LogP contribution in [0.15, 0.2) is 61.1 Å². The van der Waals surface area contributed by atoms with Gasteiger partial charge in [-0.25, -0.2) is 0 Å². The molecule has 1 aliphatic heterocycles. The lowest BCUT2D eigenvalue weighted by atomic mass is 10.2. The number of fused-ring (bicyclic) bond motifs is 1. The molecular formula is C21H16F4N4O3. The van der Waals surface area contributed by atoms with Crippen LogP contribution in [-0.2, 0) is 17.8 Å². The molecule has 1 aliphatic rings. The number of hydrogen-bond acceptors (Lipinski definition) is 6. The predicted octanol–water partition coefficient (Wildman–Crippen LogP) is 4.23. The minimum absolute atomic E-state index is 0.0700. The number of ether oxygens (including phenoxy) is 2. The van der Waals surface area contributed by atoms with E-state index in [1.54, 1.807) is 24.5 Å². The van der Waals surface area contributed by atoms with Crippen LogP contribution in [0.4, 0.5) is 28.9 Å². The van der Waals surface area contributed by atoms with E-state index >= 15 is 0 Å². The number of rotatable bonds is 6. The van der Waals surface area contributed by atoms with Crippen LogP contribution in [0.2, 0.25) is 0 Å². The van der Waals surface area contributed by atoms with Crippen LogP contribution in [0.5, 0.6) is 11.5 Å². The fraction of sp³-hybridized carbons (Fsp3) is 0.190. The first-order chi connectivity index (χ1) is 15.2. The van der Waals surface area contributed by atoms with Gasteiger partial charge in [0, 0.05) is 36.9 Å². The molecule has 11 heteroatoms. The van der Waals surface area contributed by atoms with Crippen molar-refractivity contribution >= 4 is 17.3 Å². The molecule has 4 rings (SSSR count). The van der Waals surface area contributed by atoms with Crippen molar-refractivity contribution in [1.82, 2.24) is 9.97 Å². The van der Waals surface area contributed by atoms with Gasteiger partial charge in [0.1, 0.15) is 0 Å². The summed E-state index contributed by atoms with van der Waals surface area (Å²) in [5.41, 5.74) is 2.16. The van der Waals surface area contributed by atoms with Gasteiger partial charge in [0.25, 0.3) is 0 Å². The highest BCUT2D eigenvalue weighted by Gasteiger charge is 2.65. The molecule has 166 valence electrons. The molecule has 3 heterocycles. The Hall–Kier alpha value is -3.89. The average Bonchev–Trinajstić information content (AvgIpc) is 2.74. The Bertz CT molecular complexity index is 1130. The topological polar surface area (TPSA) is 85.4 Å². The molecule has 0 bridgehead atoms. The second-order valence-corrected chi connectivity index (χ2v) is 6.83. The maximum absolute atomic E-state index is 13.4. The third-order valence-electron chi connectivity index (χ3n) is 4.49. The largest absolute Gasteiger partial charge is 0.507 e. The molecule has 1 aromatic carbocycles. The van der Waals surface area contributed by atoms with E-state index in [0.29, 0.717) is 17.9 Å². The Balaban J connectivity index is 1.43. The summed E-state index contributed by atoms with van der Waals surface area (Å²) >= 11 is 0. The Morgan fingerprint density at radius 1 is 0.938 bits per heavy atom. The van der Waals surface area contributed by atoms with E-state index in [4.69, 9.17) is 0 Å². The van der Waals surface area contributed by atoms with E-state index in [2.05, 4.69) is 30.1 Å². The van der Waals surface area contributed by atoms with Gasteiger partial charge in [0.15, 0.2) is 11.5 Å². The zero-order valence-corrected chi connectivity index (χ0v) is 16.3. The first-order valence-electron chi connectivity index (χ1n) is 9.38. The van der Waals surface area contributed by atoms with Crippen molar-refractivity contribution in [2.24, 2.45) is 0 Å². The molecule has 0 unspecified atom stereocenters. The highest BCUT2D eigenvalue weighted by atomic mass is 19.3. The van der Waals surface area contributed by atoms with Crippen molar-refractivity contribution in [3.8, 4) is 11.5 Å². The number of alkyl halides is 4. The molecular weight excluding hydrogens is 432 g/mol. The maximum atomic E-state index is 13.4. The smallest absolute Gasteiger partial charge is 0.421 e. The van der Waals surface area contributed by atoms with Gasteiger partial charge in [-0.05, 0) is 42.0 Å². The molecule has 3 aromatic rings. The summed E-state index contributed by atoms with van der Waals surface area (Å²) < 4.78 is 61.3. The van der Waals surface area contributed by atoms with Crippen LogP contribution in [0, 0.1) is 0 Å². The molecule has 2 aromatic heterocycles. The maximum Gasteiger partial charge on any atom is 0.507 e. The van der Waals surface area contributed by atoms with Crippen molar-refractivity contribution < 1.29 is 31.8 Å². The molecule has 2 N–H and O–H groups in total. The molecule has 0 saturated carbocycles. The average molecular weight is 448 g/mol. The van der Waals surface area contributed by atoms with Crippen LogP contribution in [-0.4, -0.2) is 28.1 Å². The zero-order valence-electron chi connectivity index (χ0n) is 16.3. The van der Waals surface area contributed by atoms with E-state index in [0.717, 1.165) is 17.7 Å². The Labute approximate surface area is 179 Å². The quantitative estimate of drug-likeness (QED) is 0.549.